The summed E-state index contributed by atoms with van der Waals surface area (Å²) in [6.07, 6.45) is 1.51. The van der Waals surface area contributed by atoms with Gasteiger partial charge in [-0.2, -0.15) is 5.10 Å². The minimum absolute atomic E-state index is 0.0907. The quantitative estimate of drug-likeness (QED) is 0.533. The Bertz CT molecular complexity index is 977. The number of nitrogens with zero attached hydrogens (tertiary/aromatic N) is 3. The van der Waals surface area contributed by atoms with Crippen LogP contribution < -0.4 is 10.9 Å². The number of aromatic nitrogens is 2. The summed E-state index contributed by atoms with van der Waals surface area (Å²) in [7, 11) is 0. The monoisotopic (exact) mass is 354 g/mol. The molecule has 0 atom stereocenters. The Morgan fingerprint density at radius 1 is 1.19 bits per heavy atom. The normalized spacial score (nSPS) is 10.5. The highest BCUT2D eigenvalue weighted by atomic mass is 16.6. The molecule has 0 saturated carbocycles. The van der Waals surface area contributed by atoms with Crippen LogP contribution in [0.25, 0.3) is 11.5 Å². The first-order chi connectivity index (χ1) is 12.5. The molecule has 0 aliphatic carbocycles. The maximum absolute atomic E-state index is 12.1. The van der Waals surface area contributed by atoms with Gasteiger partial charge in [-0.15, -0.1) is 0 Å². The summed E-state index contributed by atoms with van der Waals surface area (Å²) in [5.41, 5.74) is 0.411. The molecule has 0 aliphatic rings. The Hall–Kier alpha value is -3.75. The molecule has 0 saturated heterocycles. The molecule has 1 N–H and O–H groups in total. The molecular formula is C17H14N4O5. The van der Waals surface area contributed by atoms with Crippen LogP contribution in [-0.2, 0) is 6.54 Å². The van der Waals surface area contributed by atoms with E-state index in [9.17, 15) is 19.7 Å². The highest BCUT2D eigenvalue weighted by molar-refractivity contribution is 5.94. The van der Waals surface area contributed by atoms with E-state index < -0.39 is 10.8 Å². The number of rotatable bonds is 6. The van der Waals surface area contributed by atoms with Crippen molar-refractivity contribution in [2.75, 3.05) is 6.54 Å². The zero-order valence-corrected chi connectivity index (χ0v) is 13.5. The molecule has 0 spiro atoms. The lowest BCUT2D eigenvalue weighted by atomic mass is 10.2. The summed E-state index contributed by atoms with van der Waals surface area (Å²) in [4.78, 5) is 34.0. The molecule has 0 radical (unpaired) electrons. The SMILES string of the molecule is O=C(NCCn1nc(-c2ccco2)ccc1=O)c1ccc([N+](=O)[O-])cc1. The average Bonchev–Trinajstić information content (AvgIpc) is 3.18. The summed E-state index contributed by atoms with van der Waals surface area (Å²) >= 11 is 0. The van der Waals surface area contributed by atoms with E-state index in [0.717, 1.165) is 0 Å². The van der Waals surface area contributed by atoms with E-state index >= 15 is 0 Å². The minimum Gasteiger partial charge on any atom is -0.463 e. The summed E-state index contributed by atoms with van der Waals surface area (Å²) in [5.74, 6) is 0.142. The molecule has 9 nitrogen and oxygen atoms in total. The van der Waals surface area contributed by atoms with Crippen molar-refractivity contribution in [2.24, 2.45) is 0 Å². The van der Waals surface area contributed by atoms with Gasteiger partial charge in [0, 0.05) is 30.3 Å². The predicted molar refractivity (Wildman–Crippen MR) is 91.6 cm³/mol. The van der Waals surface area contributed by atoms with Crippen LogP contribution in [0, 0.1) is 10.1 Å². The van der Waals surface area contributed by atoms with Gasteiger partial charge in [-0.25, -0.2) is 4.68 Å². The summed E-state index contributed by atoms with van der Waals surface area (Å²) in [6, 6.07) is 11.6. The first-order valence-corrected chi connectivity index (χ1v) is 7.69. The van der Waals surface area contributed by atoms with E-state index in [2.05, 4.69) is 10.4 Å². The van der Waals surface area contributed by atoms with Crippen molar-refractivity contribution >= 4 is 11.6 Å². The molecule has 2 heterocycles. The van der Waals surface area contributed by atoms with Crippen LogP contribution >= 0.6 is 0 Å². The number of nitrogens with one attached hydrogen (secondary N) is 1. The highest BCUT2D eigenvalue weighted by Gasteiger charge is 2.10. The van der Waals surface area contributed by atoms with Gasteiger partial charge < -0.3 is 9.73 Å². The molecule has 0 unspecified atom stereocenters. The van der Waals surface area contributed by atoms with Crippen molar-refractivity contribution in [3.05, 3.63) is 80.8 Å². The summed E-state index contributed by atoms with van der Waals surface area (Å²) in [6.45, 7) is 0.344. The van der Waals surface area contributed by atoms with Crippen molar-refractivity contribution in [1.29, 1.82) is 0 Å². The van der Waals surface area contributed by atoms with E-state index in [1.165, 1.54) is 41.3 Å². The highest BCUT2D eigenvalue weighted by Crippen LogP contribution is 2.15. The molecule has 1 amide bonds. The van der Waals surface area contributed by atoms with Gasteiger partial charge in [0.1, 0.15) is 5.69 Å². The molecule has 0 bridgehead atoms. The number of amides is 1. The molecule has 3 rings (SSSR count). The Labute approximate surface area is 147 Å². The van der Waals surface area contributed by atoms with Gasteiger partial charge in [-0.3, -0.25) is 19.7 Å². The summed E-state index contributed by atoms with van der Waals surface area (Å²) < 4.78 is 6.48. The Balaban J connectivity index is 1.62. The van der Waals surface area contributed by atoms with Crippen LogP contribution in [0.5, 0.6) is 0 Å². The van der Waals surface area contributed by atoms with E-state index in [0.29, 0.717) is 17.0 Å². The number of hydrogen-bond acceptors (Lipinski definition) is 6. The van der Waals surface area contributed by atoms with Gasteiger partial charge >= 0.3 is 0 Å². The lowest BCUT2D eigenvalue weighted by Crippen LogP contribution is -2.31. The van der Waals surface area contributed by atoms with E-state index in [4.69, 9.17) is 4.42 Å². The van der Waals surface area contributed by atoms with Crippen LogP contribution in [0.2, 0.25) is 0 Å². The van der Waals surface area contributed by atoms with Crippen LogP contribution in [0.4, 0.5) is 5.69 Å². The fourth-order valence-electron chi connectivity index (χ4n) is 2.28. The minimum atomic E-state index is -0.536. The number of nitro benzene ring substituents is 1. The van der Waals surface area contributed by atoms with Crippen molar-refractivity contribution < 1.29 is 14.1 Å². The number of nitro groups is 1. The second kappa shape index (κ2) is 7.43. The topological polar surface area (TPSA) is 120 Å². The fraction of sp³-hybridized carbons (Fsp3) is 0.118. The Morgan fingerprint density at radius 3 is 2.62 bits per heavy atom. The van der Waals surface area contributed by atoms with Gasteiger partial charge in [0.25, 0.3) is 17.2 Å². The third-order valence-corrected chi connectivity index (χ3v) is 3.59. The first-order valence-electron chi connectivity index (χ1n) is 7.69. The number of carbonyl (C=O) groups is 1. The lowest BCUT2D eigenvalue weighted by Gasteiger charge is -2.08. The summed E-state index contributed by atoms with van der Waals surface area (Å²) in [5, 5.41) is 17.5. The van der Waals surface area contributed by atoms with Gasteiger partial charge in [-0.1, -0.05) is 0 Å². The van der Waals surface area contributed by atoms with Crippen molar-refractivity contribution in [3.63, 3.8) is 0 Å². The molecule has 26 heavy (non-hydrogen) atoms. The van der Waals surface area contributed by atoms with Gasteiger partial charge in [0.05, 0.1) is 17.7 Å². The maximum atomic E-state index is 12.1. The zero-order valence-electron chi connectivity index (χ0n) is 13.5. The number of non-ortho nitro benzene ring substituents is 1. The standard InChI is InChI=1S/C17H14N4O5/c22-16-8-7-14(15-2-1-11-26-15)19-20(16)10-9-18-17(23)12-3-5-13(6-4-12)21(24)25/h1-8,11H,9-10H2,(H,18,23). The molecule has 132 valence electrons. The van der Waals surface area contributed by atoms with E-state index in [-0.39, 0.29) is 24.3 Å². The number of carbonyl (C=O) groups excluding carboxylic acids is 1. The van der Waals surface area contributed by atoms with E-state index in [1.54, 1.807) is 18.2 Å². The Kier molecular flexibility index (Phi) is 4.88. The zero-order chi connectivity index (χ0) is 18.5. The van der Waals surface area contributed by atoms with Crippen LogP contribution in [0.1, 0.15) is 10.4 Å². The van der Waals surface area contributed by atoms with Crippen molar-refractivity contribution in [2.45, 2.75) is 6.54 Å². The van der Waals surface area contributed by atoms with Crippen molar-refractivity contribution in [3.8, 4) is 11.5 Å². The molecule has 0 aliphatic heterocycles. The average molecular weight is 354 g/mol. The van der Waals surface area contributed by atoms with E-state index in [1.807, 2.05) is 0 Å². The third-order valence-electron chi connectivity index (χ3n) is 3.59. The largest absolute Gasteiger partial charge is 0.463 e. The van der Waals surface area contributed by atoms with Gasteiger partial charge in [0.2, 0.25) is 0 Å². The predicted octanol–water partition coefficient (Wildman–Crippen LogP) is 1.84. The second-order valence-electron chi connectivity index (χ2n) is 5.32. The van der Waals surface area contributed by atoms with Crippen LogP contribution in [0.15, 0.2) is 64.0 Å². The fourth-order valence-corrected chi connectivity index (χ4v) is 2.28. The maximum Gasteiger partial charge on any atom is 0.269 e. The number of hydrogen-bond donors (Lipinski definition) is 1. The number of furan rings is 1. The van der Waals surface area contributed by atoms with Crippen LogP contribution in [-0.4, -0.2) is 27.2 Å². The molecule has 0 fully saturated rings. The lowest BCUT2D eigenvalue weighted by molar-refractivity contribution is -0.384. The van der Waals surface area contributed by atoms with Gasteiger partial charge in [-0.05, 0) is 30.3 Å². The third kappa shape index (κ3) is 3.83. The molecule has 9 heteroatoms. The second-order valence-corrected chi connectivity index (χ2v) is 5.32. The molecule has 3 aromatic rings. The van der Waals surface area contributed by atoms with Crippen LogP contribution in [0.3, 0.4) is 0 Å². The number of benzene rings is 1. The molecule has 2 aromatic heterocycles. The molecular weight excluding hydrogens is 340 g/mol. The molecule has 1 aromatic carbocycles. The smallest absolute Gasteiger partial charge is 0.269 e. The Morgan fingerprint density at radius 2 is 1.96 bits per heavy atom. The van der Waals surface area contributed by atoms with Crippen molar-refractivity contribution in [1.82, 2.24) is 15.1 Å². The van der Waals surface area contributed by atoms with Gasteiger partial charge in [0.15, 0.2) is 5.76 Å². The first kappa shape index (κ1) is 17.1.